The molecular formula is C19H20N2O4S. The van der Waals surface area contributed by atoms with Crippen molar-refractivity contribution in [3.8, 4) is 11.1 Å². The number of fused-ring (bicyclic) bond motifs is 1. The van der Waals surface area contributed by atoms with E-state index in [2.05, 4.69) is 4.98 Å². The molecule has 1 atom stereocenters. The Hall–Kier alpha value is -2.51. The molecule has 3 aromatic rings. The molecule has 7 heteroatoms. The fraction of sp³-hybridized carbons (Fsp3) is 0.316. The molecule has 136 valence electrons. The number of nitrogens with zero attached hydrogens (tertiary/aromatic N) is 2. The van der Waals surface area contributed by atoms with Gasteiger partial charge in [-0.25, -0.2) is 9.78 Å². The fourth-order valence-corrected chi connectivity index (χ4v) is 3.54. The third kappa shape index (κ3) is 3.68. The molecule has 1 aromatic carbocycles. The van der Waals surface area contributed by atoms with E-state index >= 15 is 0 Å². The van der Waals surface area contributed by atoms with Gasteiger partial charge < -0.3 is 9.47 Å². The number of carbonyl (C=O) groups is 1. The molecule has 2 aromatic heterocycles. The van der Waals surface area contributed by atoms with Crippen LogP contribution in [0.2, 0.25) is 0 Å². The van der Waals surface area contributed by atoms with Crippen molar-refractivity contribution in [2.24, 2.45) is 0 Å². The molecule has 0 fully saturated rings. The van der Waals surface area contributed by atoms with E-state index in [1.165, 1.54) is 22.2 Å². The van der Waals surface area contributed by atoms with Crippen LogP contribution in [0.1, 0.15) is 19.9 Å². The number of thiophene rings is 1. The van der Waals surface area contributed by atoms with Gasteiger partial charge in [0.1, 0.15) is 17.5 Å². The van der Waals surface area contributed by atoms with Crippen molar-refractivity contribution in [3.05, 3.63) is 52.4 Å². The highest BCUT2D eigenvalue weighted by atomic mass is 32.1. The number of benzene rings is 1. The summed E-state index contributed by atoms with van der Waals surface area (Å²) in [4.78, 5) is 30.2. The van der Waals surface area contributed by atoms with E-state index in [1.54, 1.807) is 6.92 Å². The lowest BCUT2D eigenvalue weighted by molar-refractivity contribution is -0.148. The lowest BCUT2D eigenvalue weighted by atomic mass is 10.1. The van der Waals surface area contributed by atoms with Gasteiger partial charge in [-0.15, -0.1) is 11.3 Å². The van der Waals surface area contributed by atoms with Crippen LogP contribution in [0.5, 0.6) is 0 Å². The number of hydrogen-bond acceptors (Lipinski definition) is 6. The number of aromatic nitrogens is 2. The zero-order chi connectivity index (χ0) is 18.5. The molecule has 1 unspecified atom stereocenters. The molecule has 6 nitrogen and oxygen atoms in total. The summed E-state index contributed by atoms with van der Waals surface area (Å²) in [6, 6.07) is 8.91. The lowest BCUT2D eigenvalue weighted by Gasteiger charge is -2.14. The Morgan fingerprint density at radius 1 is 1.27 bits per heavy atom. The van der Waals surface area contributed by atoms with Crippen molar-refractivity contribution in [1.29, 1.82) is 0 Å². The molecular weight excluding hydrogens is 352 g/mol. The highest BCUT2D eigenvalue weighted by molar-refractivity contribution is 7.17. The smallest absolute Gasteiger partial charge is 0.329 e. The summed E-state index contributed by atoms with van der Waals surface area (Å²) >= 11 is 1.41. The first-order chi connectivity index (χ1) is 12.6. The molecule has 0 N–H and O–H groups in total. The van der Waals surface area contributed by atoms with E-state index in [1.807, 2.05) is 42.6 Å². The summed E-state index contributed by atoms with van der Waals surface area (Å²) in [5.74, 6) is -0.482. The zero-order valence-corrected chi connectivity index (χ0v) is 15.5. The van der Waals surface area contributed by atoms with Crippen LogP contribution in [-0.2, 0) is 14.3 Å². The van der Waals surface area contributed by atoms with Crippen LogP contribution in [0.15, 0.2) is 46.8 Å². The van der Waals surface area contributed by atoms with Crippen molar-refractivity contribution in [1.82, 2.24) is 9.55 Å². The van der Waals surface area contributed by atoms with Crippen LogP contribution in [-0.4, -0.2) is 35.3 Å². The quantitative estimate of drug-likeness (QED) is 0.470. The van der Waals surface area contributed by atoms with Crippen LogP contribution in [0.25, 0.3) is 21.3 Å². The normalized spacial score (nSPS) is 12.2. The van der Waals surface area contributed by atoms with Crippen LogP contribution in [0.3, 0.4) is 0 Å². The maximum atomic E-state index is 13.0. The Morgan fingerprint density at radius 2 is 2.04 bits per heavy atom. The van der Waals surface area contributed by atoms with E-state index in [4.69, 9.17) is 9.47 Å². The number of esters is 1. The molecule has 0 radical (unpaired) electrons. The Kier molecular flexibility index (Phi) is 5.80. The Labute approximate surface area is 155 Å². The Bertz CT molecular complexity index is 949. The van der Waals surface area contributed by atoms with Gasteiger partial charge in [0.15, 0.2) is 0 Å². The van der Waals surface area contributed by atoms with Gasteiger partial charge in [0, 0.05) is 17.6 Å². The SMILES string of the molecule is CCOCCOC(=O)C(C)n1cnc2scc(-c3ccccc3)c2c1=O. The predicted octanol–water partition coefficient (Wildman–Crippen LogP) is 3.27. The molecule has 0 aliphatic carbocycles. The number of carbonyl (C=O) groups excluding carboxylic acids is 1. The second-order valence-corrected chi connectivity index (χ2v) is 6.55. The van der Waals surface area contributed by atoms with Gasteiger partial charge in [-0.05, 0) is 19.4 Å². The molecule has 0 aliphatic rings. The van der Waals surface area contributed by atoms with Gasteiger partial charge in [-0.3, -0.25) is 9.36 Å². The van der Waals surface area contributed by atoms with Crippen LogP contribution < -0.4 is 5.56 Å². The maximum absolute atomic E-state index is 13.0. The minimum Gasteiger partial charge on any atom is -0.462 e. The van der Waals surface area contributed by atoms with E-state index in [0.717, 1.165) is 11.1 Å². The number of hydrogen-bond donors (Lipinski definition) is 0. The van der Waals surface area contributed by atoms with Gasteiger partial charge in [0.2, 0.25) is 0 Å². The van der Waals surface area contributed by atoms with E-state index in [-0.39, 0.29) is 12.2 Å². The highest BCUT2D eigenvalue weighted by Gasteiger charge is 2.21. The topological polar surface area (TPSA) is 70.4 Å². The summed E-state index contributed by atoms with van der Waals surface area (Å²) in [5, 5.41) is 2.45. The second kappa shape index (κ2) is 8.25. The van der Waals surface area contributed by atoms with E-state index < -0.39 is 12.0 Å². The predicted molar refractivity (Wildman–Crippen MR) is 101 cm³/mol. The van der Waals surface area contributed by atoms with Gasteiger partial charge in [0.05, 0.1) is 18.3 Å². The molecule has 0 bridgehead atoms. The molecule has 0 spiro atoms. The first-order valence-electron chi connectivity index (χ1n) is 8.41. The van der Waals surface area contributed by atoms with Gasteiger partial charge in [-0.1, -0.05) is 30.3 Å². The average molecular weight is 372 g/mol. The van der Waals surface area contributed by atoms with E-state index in [9.17, 15) is 9.59 Å². The fourth-order valence-electron chi connectivity index (χ4n) is 2.63. The molecule has 2 heterocycles. The van der Waals surface area contributed by atoms with Gasteiger partial charge in [0.25, 0.3) is 5.56 Å². The summed E-state index contributed by atoms with van der Waals surface area (Å²) in [5.41, 5.74) is 1.53. The third-order valence-electron chi connectivity index (χ3n) is 4.04. The molecule has 26 heavy (non-hydrogen) atoms. The summed E-state index contributed by atoms with van der Waals surface area (Å²) < 4.78 is 11.6. The average Bonchev–Trinajstić information content (AvgIpc) is 3.10. The monoisotopic (exact) mass is 372 g/mol. The number of rotatable bonds is 7. The Morgan fingerprint density at radius 3 is 2.77 bits per heavy atom. The summed E-state index contributed by atoms with van der Waals surface area (Å²) in [6.45, 7) is 4.56. The van der Waals surface area contributed by atoms with Crippen molar-refractivity contribution in [2.75, 3.05) is 19.8 Å². The van der Waals surface area contributed by atoms with Crippen molar-refractivity contribution in [2.45, 2.75) is 19.9 Å². The zero-order valence-electron chi connectivity index (χ0n) is 14.7. The van der Waals surface area contributed by atoms with Crippen molar-refractivity contribution < 1.29 is 14.3 Å². The van der Waals surface area contributed by atoms with Gasteiger partial charge >= 0.3 is 5.97 Å². The third-order valence-corrected chi connectivity index (χ3v) is 4.92. The molecule has 0 saturated carbocycles. The highest BCUT2D eigenvalue weighted by Crippen LogP contribution is 2.30. The van der Waals surface area contributed by atoms with Crippen molar-refractivity contribution >= 4 is 27.5 Å². The van der Waals surface area contributed by atoms with Gasteiger partial charge in [-0.2, -0.15) is 0 Å². The maximum Gasteiger partial charge on any atom is 0.329 e. The molecule has 3 rings (SSSR count). The standard InChI is InChI=1S/C19H20N2O4S/c1-3-24-9-10-25-19(23)13(2)21-12-20-17-16(18(21)22)15(11-26-17)14-7-5-4-6-8-14/h4-8,11-13H,3,9-10H2,1-2H3. The van der Waals surface area contributed by atoms with Crippen LogP contribution in [0, 0.1) is 0 Å². The Balaban J connectivity index is 1.91. The second-order valence-electron chi connectivity index (χ2n) is 5.69. The lowest BCUT2D eigenvalue weighted by Crippen LogP contribution is -2.30. The van der Waals surface area contributed by atoms with Crippen LogP contribution in [0.4, 0.5) is 0 Å². The largest absolute Gasteiger partial charge is 0.462 e. The molecule has 0 aliphatic heterocycles. The first kappa shape index (κ1) is 18.3. The number of ether oxygens (including phenoxy) is 2. The summed E-state index contributed by atoms with van der Waals surface area (Å²) in [7, 11) is 0. The molecule has 0 amide bonds. The minimum atomic E-state index is -0.760. The summed E-state index contributed by atoms with van der Waals surface area (Å²) in [6.07, 6.45) is 1.41. The van der Waals surface area contributed by atoms with E-state index in [0.29, 0.717) is 23.4 Å². The molecule has 0 saturated heterocycles. The van der Waals surface area contributed by atoms with Crippen LogP contribution >= 0.6 is 11.3 Å². The minimum absolute atomic E-state index is 0.162. The van der Waals surface area contributed by atoms with Crippen molar-refractivity contribution in [3.63, 3.8) is 0 Å². The first-order valence-corrected chi connectivity index (χ1v) is 9.29.